The predicted molar refractivity (Wildman–Crippen MR) is 161 cm³/mol. The number of halogens is 1. The van der Waals surface area contributed by atoms with Gasteiger partial charge in [0.25, 0.3) is 0 Å². The van der Waals surface area contributed by atoms with Crippen LogP contribution < -0.4 is 20.3 Å². The number of hydrogen-bond donors (Lipinski definition) is 3. The summed E-state index contributed by atoms with van der Waals surface area (Å²) in [6.45, 7) is 1.43. The predicted octanol–water partition coefficient (Wildman–Crippen LogP) is 4.12. The lowest BCUT2D eigenvalue weighted by molar-refractivity contribution is -0.156. The molecule has 2 aromatic carbocycles. The number of hydrogen-bond acceptors (Lipinski definition) is 7. The number of piperazine rings is 1. The number of methoxy groups -OCH3 is 1. The number of allylic oxidation sites excluding steroid dienone is 1. The van der Waals surface area contributed by atoms with E-state index in [1.54, 1.807) is 37.7 Å². The molecule has 9 nitrogen and oxygen atoms in total. The van der Waals surface area contributed by atoms with E-state index < -0.39 is 5.54 Å². The summed E-state index contributed by atoms with van der Waals surface area (Å²) in [5, 5.41) is 14.0. The van der Waals surface area contributed by atoms with E-state index in [9.17, 15) is 9.59 Å². The third kappa shape index (κ3) is 5.50. The van der Waals surface area contributed by atoms with Crippen molar-refractivity contribution >= 4 is 40.9 Å². The number of rotatable bonds is 8. The highest BCUT2D eigenvalue weighted by Crippen LogP contribution is 2.41. The minimum Gasteiger partial charge on any atom is -0.497 e. The largest absolute Gasteiger partial charge is 0.497 e. The molecule has 0 atom stereocenters. The molecule has 0 unspecified atom stereocenters. The number of benzene rings is 2. The number of piperidine rings is 1. The van der Waals surface area contributed by atoms with Crippen molar-refractivity contribution in [2.24, 2.45) is 0 Å². The van der Waals surface area contributed by atoms with Crippen LogP contribution in [0.3, 0.4) is 0 Å². The minimum atomic E-state index is -0.935. The molecule has 212 valence electrons. The van der Waals surface area contributed by atoms with Crippen LogP contribution in [0.15, 0.2) is 67.1 Å². The maximum atomic E-state index is 13.4. The second kappa shape index (κ2) is 12.0. The normalized spacial score (nSPS) is 16.9. The monoisotopic (exact) mass is 572 g/mol. The Balaban J connectivity index is 1.40. The molecule has 0 bridgehead atoms. The van der Waals surface area contributed by atoms with Crippen LogP contribution in [0.5, 0.6) is 5.75 Å². The fraction of sp³-hybridized carbons (Fsp3) is 0.290. The summed E-state index contributed by atoms with van der Waals surface area (Å²) >= 11 is 6.74. The molecule has 2 fully saturated rings. The molecule has 3 N–H and O–H groups in total. The molecule has 3 aromatic rings. The van der Waals surface area contributed by atoms with E-state index in [1.807, 2.05) is 48.5 Å². The lowest BCUT2D eigenvalue weighted by atomic mass is 9.82. The molecule has 1 spiro atoms. The summed E-state index contributed by atoms with van der Waals surface area (Å²) in [5.74, 6) is 0.537. The zero-order chi connectivity index (χ0) is 29.0. The number of nitrogens with zero attached hydrogens (tertiary/aromatic N) is 3. The molecule has 0 aliphatic carbocycles. The Morgan fingerprint density at radius 2 is 1.83 bits per heavy atom. The van der Waals surface area contributed by atoms with Gasteiger partial charge in [0.2, 0.25) is 11.8 Å². The Hall–Kier alpha value is -4.37. The maximum Gasteiger partial charge on any atom is 0.246 e. The van der Waals surface area contributed by atoms with E-state index in [-0.39, 0.29) is 18.4 Å². The van der Waals surface area contributed by atoms with Gasteiger partial charge in [-0.25, -0.2) is 0 Å². The number of ether oxygens (including phenoxy) is 1. The van der Waals surface area contributed by atoms with E-state index in [1.165, 1.54) is 6.21 Å². The van der Waals surface area contributed by atoms with E-state index in [2.05, 4.69) is 20.5 Å². The van der Waals surface area contributed by atoms with Crippen LogP contribution in [-0.2, 0) is 16.1 Å². The molecule has 0 saturated carbocycles. The molecule has 2 aliphatic rings. The number of carbonyl (C=O) groups is 2. The van der Waals surface area contributed by atoms with Crippen molar-refractivity contribution in [1.29, 1.82) is 5.41 Å². The van der Waals surface area contributed by atoms with E-state index in [0.717, 1.165) is 39.3 Å². The van der Waals surface area contributed by atoms with Crippen molar-refractivity contribution < 1.29 is 14.3 Å². The molecule has 2 saturated heterocycles. The van der Waals surface area contributed by atoms with Gasteiger partial charge < -0.3 is 30.6 Å². The number of amides is 2. The molecule has 3 heterocycles. The van der Waals surface area contributed by atoms with Crippen LogP contribution in [0.1, 0.15) is 24.0 Å². The van der Waals surface area contributed by atoms with Gasteiger partial charge in [-0.3, -0.25) is 14.6 Å². The van der Waals surface area contributed by atoms with Crippen molar-refractivity contribution in [2.75, 3.05) is 38.7 Å². The van der Waals surface area contributed by atoms with Crippen LogP contribution >= 0.6 is 11.6 Å². The first-order valence-corrected chi connectivity index (χ1v) is 13.9. The maximum absolute atomic E-state index is 13.4. The van der Waals surface area contributed by atoms with Crippen LogP contribution in [0, 0.1) is 5.41 Å². The lowest BCUT2D eigenvalue weighted by Gasteiger charge is -2.50. The minimum absolute atomic E-state index is 0.0000210. The summed E-state index contributed by atoms with van der Waals surface area (Å²) in [4.78, 5) is 34.8. The molecule has 0 radical (unpaired) electrons. The Kier molecular flexibility index (Phi) is 8.26. The highest BCUT2D eigenvalue weighted by Gasteiger charge is 2.51. The topological polar surface area (TPSA) is 111 Å². The molecular formula is C31H33ClN6O3. The third-order valence-corrected chi connectivity index (χ3v) is 8.18. The molecular weight excluding hydrogens is 540 g/mol. The van der Waals surface area contributed by atoms with E-state index in [4.69, 9.17) is 21.7 Å². The quantitative estimate of drug-likeness (QED) is 0.350. The first-order valence-electron chi connectivity index (χ1n) is 13.5. The van der Waals surface area contributed by atoms with Crippen LogP contribution in [0.25, 0.3) is 16.7 Å². The van der Waals surface area contributed by atoms with Gasteiger partial charge >= 0.3 is 0 Å². The highest BCUT2D eigenvalue weighted by atomic mass is 35.5. The summed E-state index contributed by atoms with van der Waals surface area (Å²) in [6, 6.07) is 15.5. The second-order valence-electron chi connectivity index (χ2n) is 10.2. The Bertz CT molecular complexity index is 1460. The average Bonchev–Trinajstić information content (AvgIpc) is 3.01. The van der Waals surface area contributed by atoms with Crippen molar-refractivity contribution in [3.05, 3.63) is 83.3 Å². The number of carbonyl (C=O) groups excluding carboxylic acids is 2. The summed E-state index contributed by atoms with van der Waals surface area (Å²) in [5.41, 5.74) is 4.37. The number of aromatic nitrogens is 1. The molecule has 41 heavy (non-hydrogen) atoms. The van der Waals surface area contributed by atoms with Crippen LogP contribution in [-0.4, -0.2) is 67.2 Å². The zero-order valence-corrected chi connectivity index (χ0v) is 23.9. The fourth-order valence-electron chi connectivity index (χ4n) is 5.69. The van der Waals surface area contributed by atoms with Gasteiger partial charge in [-0.2, -0.15) is 0 Å². The van der Waals surface area contributed by atoms with Crippen molar-refractivity contribution in [3.63, 3.8) is 0 Å². The van der Waals surface area contributed by atoms with Gasteiger partial charge in [0, 0.05) is 62.6 Å². The van der Waals surface area contributed by atoms with E-state index >= 15 is 0 Å². The number of anilines is 1. The second-order valence-corrected chi connectivity index (χ2v) is 10.6. The van der Waals surface area contributed by atoms with Gasteiger partial charge in [-0.1, -0.05) is 48.0 Å². The number of nitrogens with one attached hydrogen (secondary N) is 3. The number of pyridine rings is 1. The van der Waals surface area contributed by atoms with Crippen molar-refractivity contribution in [1.82, 2.24) is 20.5 Å². The smallest absolute Gasteiger partial charge is 0.246 e. The Labute approximate surface area is 244 Å². The SMILES string of the molecule is CN/C=C(\C=N)c1ccc(-c2cncc(Cl)c2N2CCC3(CC2)C(=O)NCC(=O)N3Cc2ccc(OC)cc2)cc1. The van der Waals surface area contributed by atoms with Gasteiger partial charge in [0.05, 0.1) is 24.4 Å². The Morgan fingerprint density at radius 3 is 2.46 bits per heavy atom. The molecule has 2 amide bonds. The Morgan fingerprint density at radius 1 is 1.12 bits per heavy atom. The lowest BCUT2D eigenvalue weighted by Crippen LogP contribution is -2.69. The first kappa shape index (κ1) is 28.2. The van der Waals surface area contributed by atoms with Crippen LogP contribution in [0.4, 0.5) is 5.69 Å². The van der Waals surface area contributed by atoms with E-state index in [0.29, 0.717) is 37.5 Å². The fourth-order valence-corrected chi connectivity index (χ4v) is 5.97. The summed E-state index contributed by atoms with van der Waals surface area (Å²) in [6.07, 6.45) is 7.46. The van der Waals surface area contributed by atoms with Crippen LogP contribution in [0.2, 0.25) is 5.02 Å². The molecule has 2 aliphatic heterocycles. The van der Waals surface area contributed by atoms with Gasteiger partial charge in [0.1, 0.15) is 11.3 Å². The molecule has 5 rings (SSSR count). The van der Waals surface area contributed by atoms with Gasteiger partial charge in [-0.05, 0) is 41.7 Å². The van der Waals surface area contributed by atoms with Crippen molar-refractivity contribution in [2.45, 2.75) is 24.9 Å². The molecule has 1 aromatic heterocycles. The van der Waals surface area contributed by atoms with Gasteiger partial charge in [0.15, 0.2) is 0 Å². The van der Waals surface area contributed by atoms with Gasteiger partial charge in [-0.15, -0.1) is 0 Å². The zero-order valence-electron chi connectivity index (χ0n) is 23.1. The standard InChI is InChI=1S/C31H33ClN6O3/c1-34-16-24(15-33)22-5-7-23(8-6-22)26-17-35-18-27(32)29(26)37-13-11-31(12-14-37)30(40)36-19-28(39)38(31)20-21-3-9-25(41-2)10-4-21/h3-10,15-18,33-34H,11-14,19-20H2,1-2H3,(H,36,40)/b24-16+,33-15?. The first-order chi connectivity index (χ1) is 19.9. The van der Waals surface area contributed by atoms with Crippen molar-refractivity contribution in [3.8, 4) is 16.9 Å². The summed E-state index contributed by atoms with van der Waals surface area (Å²) in [7, 11) is 3.41. The molecule has 10 heteroatoms. The third-order valence-electron chi connectivity index (χ3n) is 7.90. The summed E-state index contributed by atoms with van der Waals surface area (Å²) < 4.78 is 5.26. The average molecular weight is 573 g/mol. The highest BCUT2D eigenvalue weighted by molar-refractivity contribution is 6.33.